The maximum absolute atomic E-state index is 12.8. The topological polar surface area (TPSA) is 72.8 Å². The summed E-state index contributed by atoms with van der Waals surface area (Å²) in [5.74, 6) is 1.94. The largest absolute Gasteiger partial charge is 0.493 e. The lowest BCUT2D eigenvalue weighted by Crippen LogP contribution is -2.20. The highest BCUT2D eigenvalue weighted by molar-refractivity contribution is 5.79. The van der Waals surface area contributed by atoms with Crippen molar-refractivity contribution in [3.63, 3.8) is 0 Å². The quantitative estimate of drug-likeness (QED) is 0.687. The molecule has 0 saturated heterocycles. The summed E-state index contributed by atoms with van der Waals surface area (Å²) < 4.78 is 7.74. The molecule has 3 aromatic rings. The van der Waals surface area contributed by atoms with Crippen LogP contribution in [-0.4, -0.2) is 26.4 Å². The number of para-hydroxylation sites is 1. The number of aromatic amines is 1. The van der Waals surface area contributed by atoms with E-state index in [0.29, 0.717) is 23.9 Å². The smallest absolute Gasteiger partial charge is 0.279 e. The van der Waals surface area contributed by atoms with Crippen molar-refractivity contribution in [3.05, 3.63) is 40.3 Å². The Morgan fingerprint density at radius 2 is 2.04 bits per heavy atom. The molecule has 1 aromatic carbocycles. The predicted octanol–water partition coefficient (Wildman–Crippen LogP) is 3.94. The molecular weight excluding hydrogens is 340 g/mol. The van der Waals surface area contributed by atoms with E-state index >= 15 is 0 Å². The molecule has 2 heterocycles. The van der Waals surface area contributed by atoms with Crippen molar-refractivity contribution in [1.82, 2.24) is 19.7 Å². The van der Waals surface area contributed by atoms with E-state index in [9.17, 15) is 4.79 Å². The van der Waals surface area contributed by atoms with E-state index in [0.717, 1.165) is 41.9 Å². The van der Waals surface area contributed by atoms with Gasteiger partial charge in [-0.25, -0.2) is 4.98 Å². The molecule has 6 heteroatoms. The van der Waals surface area contributed by atoms with E-state index in [1.165, 1.54) is 19.3 Å². The summed E-state index contributed by atoms with van der Waals surface area (Å²) >= 11 is 0. The van der Waals surface area contributed by atoms with Gasteiger partial charge in [0.25, 0.3) is 5.56 Å². The Kier molecular flexibility index (Phi) is 4.97. The van der Waals surface area contributed by atoms with Crippen LogP contribution in [0.5, 0.6) is 5.75 Å². The van der Waals surface area contributed by atoms with E-state index in [-0.39, 0.29) is 5.56 Å². The minimum absolute atomic E-state index is 0.189. The lowest BCUT2D eigenvalue weighted by molar-refractivity contribution is 0.264. The van der Waals surface area contributed by atoms with Crippen molar-refractivity contribution >= 4 is 11.0 Å². The zero-order chi connectivity index (χ0) is 18.8. The van der Waals surface area contributed by atoms with Gasteiger partial charge in [0.1, 0.15) is 17.1 Å². The van der Waals surface area contributed by atoms with Crippen molar-refractivity contribution < 1.29 is 4.74 Å². The molecule has 6 nitrogen and oxygen atoms in total. The number of hydrogen-bond acceptors (Lipinski definition) is 4. The van der Waals surface area contributed by atoms with Crippen molar-refractivity contribution in [3.8, 4) is 17.1 Å². The lowest BCUT2D eigenvalue weighted by atomic mass is 9.85. The predicted molar refractivity (Wildman–Crippen MR) is 106 cm³/mol. The third-order valence-corrected chi connectivity index (χ3v) is 5.29. The van der Waals surface area contributed by atoms with Crippen LogP contribution in [0.4, 0.5) is 0 Å². The zero-order valence-corrected chi connectivity index (χ0v) is 16.0. The number of ether oxygens (including phenoxy) is 1. The molecule has 0 amide bonds. The molecule has 0 aliphatic heterocycles. The number of hydrogen-bond donors (Lipinski definition) is 1. The second-order valence-corrected chi connectivity index (χ2v) is 7.22. The van der Waals surface area contributed by atoms with Crippen LogP contribution < -0.4 is 10.3 Å². The molecule has 2 aromatic heterocycles. The number of nitrogens with zero attached hydrogens (tertiary/aromatic N) is 3. The summed E-state index contributed by atoms with van der Waals surface area (Å²) in [4.78, 5) is 20.5. The molecule has 0 spiro atoms. The van der Waals surface area contributed by atoms with Crippen LogP contribution in [0.1, 0.15) is 45.2 Å². The van der Waals surface area contributed by atoms with E-state index in [1.54, 1.807) is 0 Å². The SMILES string of the molecule is CCCc1c2nc(-c3ccccc3OCC)[nH]c(=O)c2nn1CC1CCC1. The summed E-state index contributed by atoms with van der Waals surface area (Å²) in [7, 11) is 0. The Balaban J connectivity index is 1.84. The molecule has 27 heavy (non-hydrogen) atoms. The fourth-order valence-electron chi connectivity index (χ4n) is 3.69. The van der Waals surface area contributed by atoms with Crippen molar-refractivity contribution in [2.45, 2.75) is 52.5 Å². The van der Waals surface area contributed by atoms with Crippen LogP contribution in [0.2, 0.25) is 0 Å². The van der Waals surface area contributed by atoms with E-state index in [1.807, 2.05) is 35.9 Å². The highest BCUT2D eigenvalue weighted by Gasteiger charge is 2.23. The van der Waals surface area contributed by atoms with Crippen LogP contribution >= 0.6 is 0 Å². The molecular formula is C21H26N4O2. The number of benzene rings is 1. The normalized spacial score (nSPS) is 14.4. The van der Waals surface area contributed by atoms with Crippen LogP contribution in [0.25, 0.3) is 22.4 Å². The first kappa shape index (κ1) is 17.8. The number of aryl methyl sites for hydroxylation is 1. The third kappa shape index (κ3) is 3.36. The second-order valence-electron chi connectivity index (χ2n) is 7.22. The van der Waals surface area contributed by atoms with Crippen molar-refractivity contribution in [1.29, 1.82) is 0 Å². The van der Waals surface area contributed by atoms with Crippen LogP contribution in [-0.2, 0) is 13.0 Å². The van der Waals surface area contributed by atoms with Gasteiger partial charge in [-0.15, -0.1) is 0 Å². The minimum Gasteiger partial charge on any atom is -0.493 e. The Morgan fingerprint density at radius 1 is 1.22 bits per heavy atom. The second kappa shape index (κ2) is 7.55. The molecule has 1 aliphatic rings. The van der Waals surface area contributed by atoms with Gasteiger partial charge in [0.15, 0.2) is 5.52 Å². The molecule has 0 bridgehead atoms. The molecule has 0 atom stereocenters. The number of rotatable bonds is 7. The fraction of sp³-hybridized carbons (Fsp3) is 0.476. The Bertz CT molecular complexity index is 1000. The van der Waals surface area contributed by atoms with Gasteiger partial charge in [0.2, 0.25) is 0 Å². The molecule has 1 aliphatic carbocycles. The van der Waals surface area contributed by atoms with Gasteiger partial charge in [0, 0.05) is 6.54 Å². The number of H-pyrrole nitrogens is 1. The van der Waals surface area contributed by atoms with Gasteiger partial charge in [-0.2, -0.15) is 5.10 Å². The van der Waals surface area contributed by atoms with Gasteiger partial charge in [0.05, 0.1) is 17.9 Å². The molecule has 4 rings (SSSR count). The highest BCUT2D eigenvalue weighted by Crippen LogP contribution is 2.30. The summed E-state index contributed by atoms with van der Waals surface area (Å²) in [5, 5.41) is 4.63. The number of nitrogens with one attached hydrogen (secondary N) is 1. The van der Waals surface area contributed by atoms with Crippen molar-refractivity contribution in [2.75, 3.05) is 6.61 Å². The van der Waals surface area contributed by atoms with Gasteiger partial charge >= 0.3 is 0 Å². The third-order valence-electron chi connectivity index (χ3n) is 5.29. The molecule has 1 saturated carbocycles. The first-order valence-electron chi connectivity index (χ1n) is 9.93. The summed E-state index contributed by atoms with van der Waals surface area (Å²) in [5.41, 5.74) is 2.84. The Labute approximate surface area is 158 Å². The zero-order valence-electron chi connectivity index (χ0n) is 16.0. The van der Waals surface area contributed by atoms with Crippen LogP contribution in [0, 0.1) is 5.92 Å². The average Bonchev–Trinajstić information content (AvgIpc) is 2.98. The molecule has 0 radical (unpaired) electrons. The van der Waals surface area contributed by atoms with Crippen molar-refractivity contribution in [2.24, 2.45) is 5.92 Å². The van der Waals surface area contributed by atoms with E-state index < -0.39 is 0 Å². The Morgan fingerprint density at radius 3 is 2.74 bits per heavy atom. The van der Waals surface area contributed by atoms with E-state index in [2.05, 4.69) is 17.0 Å². The minimum atomic E-state index is -0.189. The van der Waals surface area contributed by atoms with Crippen LogP contribution in [0.3, 0.4) is 0 Å². The first-order chi connectivity index (χ1) is 13.2. The van der Waals surface area contributed by atoms with Gasteiger partial charge in [-0.3, -0.25) is 9.48 Å². The standard InChI is InChI=1S/C21H26N4O2/c1-3-8-16-18-19(24-25(16)13-14-9-7-10-14)21(26)23-20(22-18)15-11-5-6-12-17(15)27-4-2/h5-6,11-12,14H,3-4,7-10,13H2,1-2H3,(H,22,23,26). The first-order valence-corrected chi connectivity index (χ1v) is 9.93. The maximum atomic E-state index is 12.8. The molecule has 142 valence electrons. The van der Waals surface area contributed by atoms with Gasteiger partial charge in [-0.05, 0) is 44.2 Å². The molecule has 0 unspecified atom stereocenters. The number of aromatic nitrogens is 4. The fourth-order valence-corrected chi connectivity index (χ4v) is 3.69. The highest BCUT2D eigenvalue weighted by atomic mass is 16.5. The maximum Gasteiger partial charge on any atom is 0.279 e. The number of fused-ring (bicyclic) bond motifs is 1. The summed E-state index contributed by atoms with van der Waals surface area (Å²) in [6.07, 6.45) is 5.65. The van der Waals surface area contributed by atoms with Gasteiger partial charge < -0.3 is 9.72 Å². The average molecular weight is 366 g/mol. The van der Waals surface area contributed by atoms with Crippen LogP contribution in [0.15, 0.2) is 29.1 Å². The Hall–Kier alpha value is -2.63. The summed E-state index contributed by atoms with van der Waals surface area (Å²) in [6.45, 7) is 5.53. The van der Waals surface area contributed by atoms with Gasteiger partial charge in [-0.1, -0.05) is 31.9 Å². The summed E-state index contributed by atoms with van der Waals surface area (Å²) in [6, 6.07) is 7.67. The van der Waals surface area contributed by atoms with E-state index in [4.69, 9.17) is 9.72 Å². The molecule has 1 fully saturated rings. The molecule has 1 N–H and O–H groups in total. The lowest BCUT2D eigenvalue weighted by Gasteiger charge is -2.25. The monoisotopic (exact) mass is 366 g/mol.